The Morgan fingerprint density at radius 3 is 2.56 bits per heavy atom. The number of amides is 1. The number of carbonyl (C=O) groups is 2. The summed E-state index contributed by atoms with van der Waals surface area (Å²) in [6.07, 6.45) is 0.731. The highest BCUT2D eigenvalue weighted by Crippen LogP contribution is 2.42. The first kappa shape index (κ1) is 19.7. The number of aldehydes is 1. The average Bonchev–Trinajstić information content (AvgIpc) is 2.51. The fourth-order valence-electron chi connectivity index (χ4n) is 3.20. The number of alkyl halides is 1. The van der Waals surface area contributed by atoms with Crippen LogP contribution in [0.15, 0.2) is 24.3 Å². The van der Waals surface area contributed by atoms with Gasteiger partial charge in [-0.15, -0.1) is 0 Å². The van der Waals surface area contributed by atoms with Crippen molar-refractivity contribution < 1.29 is 18.7 Å². The van der Waals surface area contributed by atoms with Crippen LogP contribution in [0.25, 0.3) is 0 Å². The Bertz CT molecular complexity index is 621. The second kappa shape index (κ2) is 7.73. The van der Waals surface area contributed by atoms with E-state index in [1.165, 1.54) is 4.90 Å². The predicted octanol–water partition coefficient (Wildman–Crippen LogP) is 4.75. The van der Waals surface area contributed by atoms with Crippen molar-refractivity contribution in [2.75, 3.05) is 13.1 Å². The third-order valence-electron chi connectivity index (χ3n) is 4.45. The highest BCUT2D eigenvalue weighted by molar-refractivity contribution is 6.30. The summed E-state index contributed by atoms with van der Waals surface area (Å²) in [6, 6.07) is 6.98. The molecule has 0 radical (unpaired) electrons. The maximum atomic E-state index is 15.6. The second-order valence-corrected chi connectivity index (χ2v) is 7.95. The van der Waals surface area contributed by atoms with Crippen LogP contribution in [0, 0.1) is 0 Å². The number of rotatable bonds is 4. The third-order valence-corrected chi connectivity index (χ3v) is 4.69. The van der Waals surface area contributed by atoms with E-state index in [9.17, 15) is 9.59 Å². The molecule has 0 bridgehead atoms. The van der Waals surface area contributed by atoms with E-state index in [0.717, 1.165) is 6.29 Å². The van der Waals surface area contributed by atoms with Gasteiger partial charge >= 0.3 is 6.09 Å². The van der Waals surface area contributed by atoms with Gasteiger partial charge in [-0.05, 0) is 51.3 Å². The lowest BCUT2D eigenvalue weighted by Gasteiger charge is -2.41. The van der Waals surface area contributed by atoms with Crippen molar-refractivity contribution in [2.45, 2.75) is 57.2 Å². The van der Waals surface area contributed by atoms with Gasteiger partial charge < -0.3 is 14.4 Å². The first-order valence-electron chi connectivity index (χ1n) is 8.50. The molecule has 0 spiro atoms. The topological polar surface area (TPSA) is 46.6 Å². The van der Waals surface area contributed by atoms with Gasteiger partial charge in [0.05, 0.1) is 0 Å². The number of likely N-dealkylation sites (tertiary alicyclic amines) is 1. The molecule has 1 aliphatic rings. The van der Waals surface area contributed by atoms with E-state index in [-0.39, 0.29) is 32.4 Å². The Morgan fingerprint density at radius 1 is 1.40 bits per heavy atom. The number of carbonyl (C=O) groups excluding carboxylic acids is 2. The van der Waals surface area contributed by atoms with Gasteiger partial charge in [0.2, 0.25) is 0 Å². The molecule has 6 heteroatoms. The summed E-state index contributed by atoms with van der Waals surface area (Å²) in [4.78, 5) is 24.8. The van der Waals surface area contributed by atoms with Crippen LogP contribution >= 0.6 is 11.6 Å². The molecular formula is C19H25ClFNO3. The summed E-state index contributed by atoms with van der Waals surface area (Å²) >= 11 is 6.02. The lowest BCUT2D eigenvalue weighted by molar-refractivity contribution is -0.109. The van der Waals surface area contributed by atoms with Crippen LogP contribution < -0.4 is 0 Å². The minimum Gasteiger partial charge on any atom is -0.444 e. The van der Waals surface area contributed by atoms with E-state index >= 15 is 4.39 Å². The molecule has 138 valence electrons. The van der Waals surface area contributed by atoms with Crippen molar-refractivity contribution in [2.24, 2.45) is 0 Å². The quantitative estimate of drug-likeness (QED) is 0.719. The summed E-state index contributed by atoms with van der Waals surface area (Å²) in [5, 5.41) is 0.517. The van der Waals surface area contributed by atoms with Gasteiger partial charge in [0.15, 0.2) is 0 Å². The van der Waals surface area contributed by atoms with Gasteiger partial charge in [0.25, 0.3) is 0 Å². The molecule has 1 fully saturated rings. The number of nitrogens with zero attached hydrogens (tertiary/aromatic N) is 1. The van der Waals surface area contributed by atoms with Crippen LogP contribution in [0.5, 0.6) is 0 Å². The monoisotopic (exact) mass is 369 g/mol. The van der Waals surface area contributed by atoms with E-state index in [1.54, 1.807) is 45.0 Å². The first-order valence-corrected chi connectivity index (χ1v) is 8.88. The van der Waals surface area contributed by atoms with Crippen LogP contribution in [0.2, 0.25) is 5.02 Å². The molecule has 1 unspecified atom stereocenters. The van der Waals surface area contributed by atoms with Gasteiger partial charge in [0.1, 0.15) is 17.6 Å². The van der Waals surface area contributed by atoms with Crippen LogP contribution in [-0.4, -0.2) is 41.6 Å². The third kappa shape index (κ3) is 5.18. The Labute approximate surface area is 153 Å². The van der Waals surface area contributed by atoms with Crippen LogP contribution in [-0.2, 0) is 9.53 Å². The number of piperidine rings is 1. The Morgan fingerprint density at radius 2 is 2.04 bits per heavy atom. The highest BCUT2D eigenvalue weighted by atomic mass is 35.5. The molecule has 1 aliphatic heterocycles. The van der Waals surface area contributed by atoms with Gasteiger partial charge in [-0.3, -0.25) is 0 Å². The molecule has 0 saturated carbocycles. The standard InChI is InChI=1S/C19H25ClFNO3/c1-18(2,3)25-17(24)22-10-8-19(21,9-11-22)16(7-12-23)14-5-4-6-15(20)13-14/h4-6,12-13,16H,7-11H2,1-3H3. The molecule has 0 aromatic heterocycles. The van der Waals surface area contributed by atoms with E-state index in [2.05, 4.69) is 0 Å². The van der Waals surface area contributed by atoms with Crippen molar-refractivity contribution in [3.8, 4) is 0 Å². The molecule has 1 atom stereocenters. The summed E-state index contributed by atoms with van der Waals surface area (Å²) < 4.78 is 21.0. The van der Waals surface area contributed by atoms with Gasteiger partial charge in [-0.1, -0.05) is 23.7 Å². The van der Waals surface area contributed by atoms with E-state index < -0.39 is 23.3 Å². The Balaban J connectivity index is 2.11. The largest absolute Gasteiger partial charge is 0.444 e. The maximum Gasteiger partial charge on any atom is 0.410 e. The molecule has 0 aliphatic carbocycles. The summed E-state index contributed by atoms with van der Waals surface area (Å²) in [7, 11) is 0. The number of benzene rings is 1. The SMILES string of the molecule is CC(C)(C)OC(=O)N1CCC(F)(C(CC=O)c2cccc(Cl)c2)CC1. The zero-order chi connectivity index (χ0) is 18.7. The maximum absolute atomic E-state index is 15.6. The number of halogens is 2. The van der Waals surface area contributed by atoms with Crippen molar-refractivity contribution in [1.82, 2.24) is 4.90 Å². The molecule has 25 heavy (non-hydrogen) atoms. The van der Waals surface area contributed by atoms with Crippen molar-refractivity contribution in [3.05, 3.63) is 34.9 Å². The predicted molar refractivity (Wildman–Crippen MR) is 95.8 cm³/mol. The molecule has 1 saturated heterocycles. The van der Waals surface area contributed by atoms with E-state index in [1.807, 2.05) is 0 Å². The molecule has 1 amide bonds. The van der Waals surface area contributed by atoms with E-state index in [4.69, 9.17) is 16.3 Å². The molecule has 1 aromatic rings. The second-order valence-electron chi connectivity index (χ2n) is 7.51. The summed E-state index contributed by atoms with van der Waals surface area (Å²) in [6.45, 7) is 5.93. The number of ether oxygens (including phenoxy) is 1. The minimum atomic E-state index is -1.55. The zero-order valence-corrected chi connectivity index (χ0v) is 15.7. The van der Waals surface area contributed by atoms with Gasteiger partial charge in [0, 0.05) is 30.5 Å². The zero-order valence-electron chi connectivity index (χ0n) is 14.9. The van der Waals surface area contributed by atoms with Crippen molar-refractivity contribution in [3.63, 3.8) is 0 Å². The molecule has 1 aromatic carbocycles. The lowest BCUT2D eigenvalue weighted by Crippen LogP contribution is -2.48. The van der Waals surface area contributed by atoms with Crippen molar-refractivity contribution in [1.29, 1.82) is 0 Å². The molecule has 2 rings (SSSR count). The Kier molecular flexibility index (Phi) is 6.09. The molecule has 0 N–H and O–H groups in total. The summed E-state index contributed by atoms with van der Waals surface area (Å²) in [5.74, 6) is -0.565. The number of hydrogen-bond acceptors (Lipinski definition) is 3. The first-order chi connectivity index (χ1) is 11.6. The Hall–Kier alpha value is -1.62. The smallest absolute Gasteiger partial charge is 0.410 e. The minimum absolute atomic E-state index is 0.0866. The van der Waals surface area contributed by atoms with E-state index in [0.29, 0.717) is 10.6 Å². The molecule has 1 heterocycles. The van der Waals surface area contributed by atoms with Crippen LogP contribution in [0.4, 0.5) is 9.18 Å². The van der Waals surface area contributed by atoms with Gasteiger partial charge in [-0.25, -0.2) is 9.18 Å². The highest BCUT2D eigenvalue weighted by Gasteiger charge is 2.43. The van der Waals surface area contributed by atoms with Crippen molar-refractivity contribution >= 4 is 24.0 Å². The lowest BCUT2D eigenvalue weighted by atomic mass is 9.76. The number of hydrogen-bond donors (Lipinski definition) is 0. The molecular weight excluding hydrogens is 345 g/mol. The summed E-state index contributed by atoms with van der Waals surface area (Å²) in [5.41, 5.74) is -1.42. The fourth-order valence-corrected chi connectivity index (χ4v) is 3.40. The average molecular weight is 370 g/mol. The van der Waals surface area contributed by atoms with Crippen LogP contribution in [0.3, 0.4) is 0 Å². The molecule has 4 nitrogen and oxygen atoms in total. The normalized spacial score (nSPS) is 18.5. The van der Waals surface area contributed by atoms with Gasteiger partial charge in [-0.2, -0.15) is 0 Å². The van der Waals surface area contributed by atoms with Crippen LogP contribution in [0.1, 0.15) is 51.5 Å². The fraction of sp³-hybridized carbons (Fsp3) is 0.579.